The summed E-state index contributed by atoms with van der Waals surface area (Å²) < 4.78 is 10.8. The molecule has 1 atom stereocenters. The number of nitrogens with zero attached hydrogens (tertiary/aromatic N) is 2. The molecule has 7 heteroatoms. The summed E-state index contributed by atoms with van der Waals surface area (Å²) in [4.78, 5) is 17.6. The van der Waals surface area contributed by atoms with Gasteiger partial charge in [0.15, 0.2) is 0 Å². The number of benzene rings is 1. The second-order valence-corrected chi connectivity index (χ2v) is 8.60. The van der Waals surface area contributed by atoms with Crippen LogP contribution in [-0.2, 0) is 9.53 Å². The number of likely N-dealkylation sites (tertiary alicyclic amines) is 1. The molecule has 2 aliphatic heterocycles. The maximum absolute atomic E-state index is 12.8. The van der Waals surface area contributed by atoms with E-state index in [0.717, 1.165) is 63.7 Å². The Morgan fingerprint density at radius 3 is 2.62 bits per heavy atom. The lowest BCUT2D eigenvalue weighted by atomic mass is 9.92. The van der Waals surface area contributed by atoms with E-state index in [1.165, 1.54) is 13.0 Å². The molecule has 1 aromatic rings. The molecule has 0 aliphatic carbocycles. The number of halogens is 1. The van der Waals surface area contributed by atoms with Gasteiger partial charge in [-0.05, 0) is 70.3 Å². The molecule has 6 nitrogen and oxygen atoms in total. The zero-order valence-electron chi connectivity index (χ0n) is 17.9. The minimum absolute atomic E-state index is 0.00297. The number of ether oxygens (including phenoxy) is 2. The number of anilines is 1. The first-order valence-corrected chi connectivity index (χ1v) is 11.0. The van der Waals surface area contributed by atoms with E-state index in [1.54, 1.807) is 13.2 Å². The Morgan fingerprint density at radius 2 is 1.97 bits per heavy atom. The summed E-state index contributed by atoms with van der Waals surface area (Å²) in [5.74, 6) is 1.34. The molecule has 1 amide bonds. The molecule has 1 unspecified atom stereocenters. The highest BCUT2D eigenvalue weighted by Crippen LogP contribution is 2.31. The van der Waals surface area contributed by atoms with Gasteiger partial charge < -0.3 is 14.8 Å². The topological polar surface area (TPSA) is 54.0 Å². The molecule has 3 rings (SSSR count). The molecule has 1 N–H and O–H groups in total. The van der Waals surface area contributed by atoms with Crippen molar-refractivity contribution < 1.29 is 14.3 Å². The number of aryl methyl sites for hydroxylation is 1. The summed E-state index contributed by atoms with van der Waals surface area (Å²) in [6.45, 7) is 10.9. The maximum atomic E-state index is 12.8. The molecule has 1 aromatic carbocycles. The first kappa shape index (κ1) is 22.3. The second kappa shape index (κ2) is 10.6. The predicted octanol–water partition coefficient (Wildman–Crippen LogP) is 3.42. The average molecular weight is 424 g/mol. The molecule has 0 saturated carbocycles. The molecule has 0 radical (unpaired) electrons. The van der Waals surface area contributed by atoms with Crippen LogP contribution in [0.15, 0.2) is 12.1 Å². The quantitative estimate of drug-likeness (QED) is 0.728. The van der Waals surface area contributed by atoms with Gasteiger partial charge in [-0.25, -0.2) is 0 Å². The molecule has 2 fully saturated rings. The van der Waals surface area contributed by atoms with Crippen molar-refractivity contribution in [3.63, 3.8) is 0 Å². The second-order valence-electron chi connectivity index (χ2n) is 8.19. The third-order valence-corrected chi connectivity index (χ3v) is 6.68. The molecule has 162 valence electrons. The lowest BCUT2D eigenvalue weighted by Crippen LogP contribution is -2.46. The number of rotatable bonds is 7. The lowest BCUT2D eigenvalue weighted by Gasteiger charge is -2.36. The van der Waals surface area contributed by atoms with Crippen LogP contribution in [0.1, 0.15) is 31.7 Å². The molecule has 2 aliphatic rings. The SMILES string of the molecule is COc1cc(Cl)c(C)cc1NC(=O)C(C)N1CCC(CCN2CCOCC2)CC1. The Balaban J connectivity index is 1.47. The molecule has 2 saturated heterocycles. The molecule has 2 heterocycles. The van der Waals surface area contributed by atoms with Crippen molar-refractivity contribution in [1.29, 1.82) is 0 Å². The standard InChI is InChI=1S/C22H34ClN3O3/c1-16-14-20(21(28-3)15-19(16)23)24-22(27)17(2)26-8-5-18(6-9-26)4-7-25-10-12-29-13-11-25/h14-15,17-18H,4-13H2,1-3H3,(H,24,27). The van der Waals surface area contributed by atoms with Crippen LogP contribution in [0, 0.1) is 12.8 Å². The number of piperidine rings is 1. The van der Waals surface area contributed by atoms with Crippen molar-refractivity contribution in [2.75, 3.05) is 58.4 Å². The van der Waals surface area contributed by atoms with E-state index in [9.17, 15) is 4.79 Å². The van der Waals surface area contributed by atoms with E-state index in [4.69, 9.17) is 21.1 Å². The summed E-state index contributed by atoms with van der Waals surface area (Å²) in [6.07, 6.45) is 3.56. The Morgan fingerprint density at radius 1 is 1.28 bits per heavy atom. The normalized spacial score (nSPS) is 20.4. The van der Waals surface area contributed by atoms with Crippen LogP contribution in [0.3, 0.4) is 0 Å². The van der Waals surface area contributed by atoms with Crippen molar-refractivity contribution >= 4 is 23.2 Å². The molecular weight excluding hydrogens is 390 g/mol. The maximum Gasteiger partial charge on any atom is 0.241 e. The van der Waals surface area contributed by atoms with Crippen molar-refractivity contribution in [3.8, 4) is 5.75 Å². The van der Waals surface area contributed by atoms with Crippen LogP contribution in [0.5, 0.6) is 5.75 Å². The summed E-state index contributed by atoms with van der Waals surface area (Å²) in [6, 6.07) is 3.44. The van der Waals surface area contributed by atoms with Gasteiger partial charge in [0.1, 0.15) is 5.75 Å². The van der Waals surface area contributed by atoms with E-state index in [0.29, 0.717) is 16.5 Å². The number of morpholine rings is 1. The zero-order valence-corrected chi connectivity index (χ0v) is 18.6. The number of hydrogen-bond donors (Lipinski definition) is 1. The summed E-state index contributed by atoms with van der Waals surface area (Å²) in [5, 5.41) is 3.65. The third-order valence-electron chi connectivity index (χ3n) is 6.27. The number of nitrogens with one attached hydrogen (secondary N) is 1. The molecule has 29 heavy (non-hydrogen) atoms. The van der Waals surface area contributed by atoms with Crippen LogP contribution < -0.4 is 10.1 Å². The fourth-order valence-electron chi connectivity index (χ4n) is 4.15. The van der Waals surface area contributed by atoms with Crippen LogP contribution in [0.25, 0.3) is 0 Å². The Labute approximate surface area is 179 Å². The van der Waals surface area contributed by atoms with E-state index >= 15 is 0 Å². The van der Waals surface area contributed by atoms with Crippen LogP contribution in [-0.4, -0.2) is 74.8 Å². The first-order chi connectivity index (χ1) is 14.0. The first-order valence-electron chi connectivity index (χ1n) is 10.7. The van der Waals surface area contributed by atoms with Gasteiger partial charge in [-0.3, -0.25) is 14.6 Å². The predicted molar refractivity (Wildman–Crippen MR) is 117 cm³/mol. The summed E-state index contributed by atoms with van der Waals surface area (Å²) in [7, 11) is 1.59. The molecular formula is C22H34ClN3O3. The van der Waals surface area contributed by atoms with Gasteiger partial charge in [0, 0.05) is 24.2 Å². The van der Waals surface area contributed by atoms with Crippen LogP contribution >= 0.6 is 11.6 Å². The number of hydrogen-bond acceptors (Lipinski definition) is 5. The average Bonchev–Trinajstić information content (AvgIpc) is 2.75. The minimum Gasteiger partial charge on any atom is -0.495 e. The highest BCUT2D eigenvalue weighted by atomic mass is 35.5. The van der Waals surface area contributed by atoms with Crippen LogP contribution in [0.2, 0.25) is 5.02 Å². The van der Waals surface area contributed by atoms with Crippen molar-refractivity contribution in [2.24, 2.45) is 5.92 Å². The minimum atomic E-state index is -0.170. The van der Waals surface area contributed by atoms with Gasteiger partial charge in [-0.1, -0.05) is 11.6 Å². The lowest BCUT2D eigenvalue weighted by molar-refractivity contribution is -0.121. The molecule has 0 bridgehead atoms. The van der Waals surface area contributed by atoms with Gasteiger partial charge in [-0.15, -0.1) is 0 Å². The van der Waals surface area contributed by atoms with Gasteiger partial charge in [0.2, 0.25) is 5.91 Å². The summed E-state index contributed by atoms with van der Waals surface area (Å²) >= 11 is 6.16. The van der Waals surface area contributed by atoms with Crippen molar-refractivity contribution in [2.45, 2.75) is 39.2 Å². The molecule has 0 aromatic heterocycles. The summed E-state index contributed by atoms with van der Waals surface area (Å²) in [5.41, 5.74) is 1.59. The van der Waals surface area contributed by atoms with E-state index in [1.807, 2.05) is 19.9 Å². The van der Waals surface area contributed by atoms with E-state index < -0.39 is 0 Å². The monoisotopic (exact) mass is 423 g/mol. The highest BCUT2D eigenvalue weighted by Gasteiger charge is 2.27. The Kier molecular flexibility index (Phi) is 8.18. The number of carbonyl (C=O) groups excluding carboxylic acids is 1. The van der Waals surface area contributed by atoms with Crippen LogP contribution in [0.4, 0.5) is 5.69 Å². The molecule has 0 spiro atoms. The Hall–Kier alpha value is -1.34. The van der Waals surface area contributed by atoms with Crippen molar-refractivity contribution in [1.82, 2.24) is 9.80 Å². The van der Waals surface area contributed by atoms with Gasteiger partial charge >= 0.3 is 0 Å². The number of amides is 1. The van der Waals surface area contributed by atoms with Crippen molar-refractivity contribution in [3.05, 3.63) is 22.7 Å². The number of methoxy groups -OCH3 is 1. The third kappa shape index (κ3) is 6.07. The fraction of sp³-hybridized carbons (Fsp3) is 0.682. The Bertz CT molecular complexity index is 686. The fourth-order valence-corrected chi connectivity index (χ4v) is 4.31. The van der Waals surface area contributed by atoms with E-state index in [2.05, 4.69) is 15.1 Å². The van der Waals surface area contributed by atoms with E-state index in [-0.39, 0.29) is 11.9 Å². The van der Waals surface area contributed by atoms with Gasteiger partial charge in [-0.2, -0.15) is 0 Å². The van der Waals surface area contributed by atoms with Gasteiger partial charge in [0.25, 0.3) is 0 Å². The highest BCUT2D eigenvalue weighted by molar-refractivity contribution is 6.31. The number of carbonyl (C=O) groups is 1. The zero-order chi connectivity index (χ0) is 20.8. The van der Waals surface area contributed by atoms with Gasteiger partial charge in [0.05, 0.1) is 32.1 Å². The largest absolute Gasteiger partial charge is 0.495 e. The smallest absolute Gasteiger partial charge is 0.241 e.